The number of carbonyl (C=O) groups is 2. The number of piperidine rings is 1. The number of rotatable bonds is 3. The third kappa shape index (κ3) is 3.15. The van der Waals surface area contributed by atoms with Crippen molar-refractivity contribution < 1.29 is 19.4 Å². The Hall–Kier alpha value is -1.76. The minimum absolute atomic E-state index is 0.0659. The molecule has 7 heteroatoms. The van der Waals surface area contributed by atoms with Crippen LogP contribution in [0.1, 0.15) is 32.1 Å². The van der Waals surface area contributed by atoms with Crippen LogP contribution >= 0.6 is 15.9 Å². The van der Waals surface area contributed by atoms with Crippen LogP contribution in [0.25, 0.3) is 0 Å². The number of amides is 2. The molecule has 2 saturated heterocycles. The van der Waals surface area contributed by atoms with Crippen LogP contribution in [0.3, 0.4) is 0 Å². The van der Waals surface area contributed by atoms with E-state index in [2.05, 4.69) is 21.2 Å². The smallest absolute Gasteiger partial charge is 0.411 e. The quantitative estimate of drug-likeness (QED) is 0.825. The number of anilines is 1. The Bertz CT molecular complexity index is 620. The van der Waals surface area contributed by atoms with Gasteiger partial charge >= 0.3 is 12.2 Å². The standard InChI is InChI=1S/C16H19BrN2O4/c17-12-5-1-2-6-13(12)18-14(20)23-10-16-8-3-4-11(7-9-16)19(16)15(21)22/h1-2,5-6,11H,3-4,7-10H2,(H,18,20)(H,21,22). The van der Waals surface area contributed by atoms with E-state index in [1.165, 1.54) is 4.90 Å². The first kappa shape index (κ1) is 16.1. The van der Waals surface area contributed by atoms with Crippen LogP contribution in [-0.2, 0) is 4.74 Å². The van der Waals surface area contributed by atoms with Crippen LogP contribution < -0.4 is 5.32 Å². The topological polar surface area (TPSA) is 78.9 Å². The molecular formula is C16H19BrN2O4. The lowest BCUT2D eigenvalue weighted by molar-refractivity contribution is 0.0110. The van der Waals surface area contributed by atoms with Gasteiger partial charge in [-0.25, -0.2) is 9.59 Å². The number of hydrogen-bond donors (Lipinski definition) is 2. The van der Waals surface area contributed by atoms with Gasteiger partial charge in [0.1, 0.15) is 6.61 Å². The highest BCUT2D eigenvalue weighted by atomic mass is 79.9. The first-order valence-corrected chi connectivity index (χ1v) is 8.52. The molecule has 124 valence electrons. The van der Waals surface area contributed by atoms with Crippen LogP contribution in [0.2, 0.25) is 0 Å². The summed E-state index contributed by atoms with van der Waals surface area (Å²) in [5.41, 5.74) is 0.0676. The summed E-state index contributed by atoms with van der Waals surface area (Å²) in [7, 11) is 0. The zero-order chi connectivity index (χ0) is 16.4. The van der Waals surface area contributed by atoms with Gasteiger partial charge in [-0.2, -0.15) is 0 Å². The molecule has 0 aromatic heterocycles. The zero-order valence-electron chi connectivity index (χ0n) is 12.6. The van der Waals surface area contributed by atoms with E-state index in [1.807, 2.05) is 18.2 Å². The van der Waals surface area contributed by atoms with Crippen LogP contribution in [0.15, 0.2) is 28.7 Å². The number of nitrogens with one attached hydrogen (secondary N) is 1. The van der Waals surface area contributed by atoms with Crippen LogP contribution in [0.5, 0.6) is 0 Å². The highest BCUT2D eigenvalue weighted by Crippen LogP contribution is 2.44. The third-order valence-corrected chi connectivity index (χ3v) is 5.48. The number of benzene rings is 1. The maximum absolute atomic E-state index is 12.0. The van der Waals surface area contributed by atoms with Crippen molar-refractivity contribution in [1.29, 1.82) is 0 Å². The van der Waals surface area contributed by atoms with Crippen molar-refractivity contribution in [3.63, 3.8) is 0 Å². The zero-order valence-corrected chi connectivity index (χ0v) is 14.2. The molecule has 6 nitrogen and oxygen atoms in total. The van der Waals surface area contributed by atoms with Gasteiger partial charge in [-0.05, 0) is 60.2 Å². The molecule has 1 aromatic rings. The van der Waals surface area contributed by atoms with E-state index < -0.39 is 17.7 Å². The fourth-order valence-corrected chi connectivity index (χ4v) is 4.12. The van der Waals surface area contributed by atoms with Crippen LogP contribution in [0, 0.1) is 0 Å². The van der Waals surface area contributed by atoms with E-state index in [0.717, 1.165) is 36.6 Å². The van der Waals surface area contributed by atoms with Crippen molar-refractivity contribution in [2.24, 2.45) is 0 Å². The fourth-order valence-electron chi connectivity index (χ4n) is 3.74. The van der Waals surface area contributed by atoms with Crippen molar-refractivity contribution in [2.45, 2.75) is 43.7 Å². The van der Waals surface area contributed by atoms with Crippen molar-refractivity contribution in [2.75, 3.05) is 11.9 Å². The second-order valence-corrected chi connectivity index (χ2v) is 7.00. The van der Waals surface area contributed by atoms with E-state index in [0.29, 0.717) is 5.69 Å². The van der Waals surface area contributed by atoms with Crippen LogP contribution in [-0.4, -0.2) is 40.4 Å². The van der Waals surface area contributed by atoms with E-state index in [1.54, 1.807) is 6.07 Å². The first-order valence-electron chi connectivity index (χ1n) is 7.72. The van der Waals surface area contributed by atoms with E-state index in [4.69, 9.17) is 4.74 Å². The summed E-state index contributed by atoms with van der Waals surface area (Å²) in [6.07, 6.45) is 2.75. The molecule has 0 spiro atoms. The molecule has 2 atom stereocenters. The normalized spacial score (nSPS) is 26.0. The van der Waals surface area contributed by atoms with E-state index in [9.17, 15) is 14.7 Å². The van der Waals surface area contributed by atoms with E-state index in [-0.39, 0.29) is 12.6 Å². The molecule has 2 N–H and O–H groups in total. The maximum atomic E-state index is 12.0. The van der Waals surface area contributed by atoms with Gasteiger partial charge in [-0.3, -0.25) is 10.2 Å². The minimum atomic E-state index is -0.915. The van der Waals surface area contributed by atoms with Gasteiger partial charge in [0.15, 0.2) is 0 Å². The summed E-state index contributed by atoms with van der Waals surface area (Å²) < 4.78 is 6.13. The Labute approximate surface area is 142 Å². The summed E-state index contributed by atoms with van der Waals surface area (Å²) in [6.45, 7) is 0.103. The molecule has 2 aliphatic heterocycles. The summed E-state index contributed by atoms with van der Waals surface area (Å²) in [4.78, 5) is 25.1. The van der Waals surface area contributed by atoms with Gasteiger partial charge in [-0.15, -0.1) is 0 Å². The monoisotopic (exact) mass is 382 g/mol. The maximum Gasteiger partial charge on any atom is 0.411 e. The molecule has 2 unspecified atom stereocenters. The minimum Gasteiger partial charge on any atom is -0.465 e. The molecule has 2 heterocycles. The Morgan fingerprint density at radius 2 is 2.13 bits per heavy atom. The fraction of sp³-hybridized carbons (Fsp3) is 0.500. The predicted molar refractivity (Wildman–Crippen MR) is 88.6 cm³/mol. The second-order valence-electron chi connectivity index (χ2n) is 6.14. The number of hydrogen-bond acceptors (Lipinski definition) is 3. The molecule has 2 bridgehead atoms. The first-order chi connectivity index (χ1) is 11.0. The number of halogens is 1. The second kappa shape index (κ2) is 6.39. The van der Waals surface area contributed by atoms with Gasteiger partial charge in [-0.1, -0.05) is 12.1 Å². The third-order valence-electron chi connectivity index (χ3n) is 4.79. The summed E-state index contributed by atoms with van der Waals surface area (Å²) >= 11 is 3.36. The lowest BCUT2D eigenvalue weighted by Gasteiger charge is -2.42. The Kier molecular flexibility index (Phi) is 4.48. The summed E-state index contributed by atoms with van der Waals surface area (Å²) in [5.74, 6) is 0. The van der Waals surface area contributed by atoms with Gasteiger partial charge < -0.3 is 9.84 Å². The Morgan fingerprint density at radius 3 is 2.87 bits per heavy atom. The lowest BCUT2D eigenvalue weighted by Crippen LogP contribution is -2.55. The molecule has 0 saturated carbocycles. The molecule has 3 rings (SSSR count). The number of ether oxygens (including phenoxy) is 1. The van der Waals surface area contributed by atoms with Gasteiger partial charge in [0.2, 0.25) is 0 Å². The molecular weight excluding hydrogens is 364 g/mol. The number of nitrogens with zero attached hydrogens (tertiary/aromatic N) is 1. The molecule has 0 radical (unpaired) electrons. The average molecular weight is 383 g/mol. The predicted octanol–water partition coefficient (Wildman–Crippen LogP) is 4.06. The molecule has 1 aromatic carbocycles. The largest absolute Gasteiger partial charge is 0.465 e. The van der Waals surface area contributed by atoms with Gasteiger partial charge in [0.05, 0.1) is 11.2 Å². The van der Waals surface area contributed by atoms with Gasteiger partial charge in [0, 0.05) is 10.5 Å². The molecule has 2 amide bonds. The highest BCUT2D eigenvalue weighted by Gasteiger charge is 2.52. The number of para-hydroxylation sites is 1. The SMILES string of the molecule is O=C(Nc1ccccc1Br)OCC12CCCC(CC1)N2C(=O)O. The van der Waals surface area contributed by atoms with E-state index >= 15 is 0 Å². The molecule has 23 heavy (non-hydrogen) atoms. The summed E-state index contributed by atoms with van der Waals surface area (Å²) in [6, 6.07) is 7.32. The lowest BCUT2D eigenvalue weighted by atomic mass is 9.89. The highest BCUT2D eigenvalue weighted by molar-refractivity contribution is 9.10. The molecule has 2 fully saturated rings. The number of carboxylic acid groups (broad SMARTS) is 1. The number of fused-ring (bicyclic) bond motifs is 2. The number of carbonyl (C=O) groups excluding carboxylic acids is 1. The van der Waals surface area contributed by atoms with Crippen LogP contribution in [0.4, 0.5) is 15.3 Å². The average Bonchev–Trinajstić information content (AvgIpc) is 2.75. The van der Waals surface area contributed by atoms with Crippen molar-refractivity contribution >= 4 is 33.8 Å². The summed E-state index contributed by atoms with van der Waals surface area (Å²) in [5, 5.41) is 12.2. The van der Waals surface area contributed by atoms with Crippen molar-refractivity contribution in [1.82, 2.24) is 4.90 Å². The molecule has 0 aliphatic carbocycles. The van der Waals surface area contributed by atoms with Gasteiger partial charge in [0.25, 0.3) is 0 Å². The van der Waals surface area contributed by atoms with Crippen molar-refractivity contribution in [3.8, 4) is 0 Å². The van der Waals surface area contributed by atoms with Crippen molar-refractivity contribution in [3.05, 3.63) is 28.7 Å². The Balaban J connectivity index is 1.64. The molecule has 2 aliphatic rings. The Morgan fingerprint density at radius 1 is 1.35 bits per heavy atom.